The number of hydrogen-bond acceptors (Lipinski definition) is 8. The maximum Gasteiger partial charge on any atom is 0.415 e. The van der Waals surface area contributed by atoms with Crippen molar-refractivity contribution in [2.45, 2.75) is 40.2 Å². The van der Waals surface area contributed by atoms with Crippen LogP contribution >= 0.6 is 0 Å². The third kappa shape index (κ3) is 5.02. The van der Waals surface area contributed by atoms with Crippen LogP contribution in [0.5, 0.6) is 5.75 Å². The molecule has 0 radical (unpaired) electrons. The number of rotatable bonds is 6. The number of nitrogens with two attached hydrogens (primary N) is 1. The zero-order valence-corrected chi connectivity index (χ0v) is 22.7. The highest BCUT2D eigenvalue weighted by atomic mass is 16.6. The number of fused-ring (bicyclic) bond motifs is 1. The van der Waals surface area contributed by atoms with Crippen molar-refractivity contribution in [3.63, 3.8) is 0 Å². The van der Waals surface area contributed by atoms with E-state index in [4.69, 9.17) is 15.5 Å². The molecule has 0 atom stereocenters. The third-order valence-corrected chi connectivity index (χ3v) is 6.43. The van der Waals surface area contributed by atoms with Crippen molar-refractivity contribution >= 4 is 23.1 Å². The number of carbonyl (C=O) groups is 1. The lowest BCUT2D eigenvalue weighted by Crippen LogP contribution is -2.33. The molecule has 200 valence electrons. The van der Waals surface area contributed by atoms with E-state index >= 15 is 0 Å². The summed E-state index contributed by atoms with van der Waals surface area (Å²) in [6.45, 7) is 11.3. The summed E-state index contributed by atoms with van der Waals surface area (Å²) >= 11 is 0. The van der Waals surface area contributed by atoms with Crippen LogP contribution in [0.3, 0.4) is 0 Å². The van der Waals surface area contributed by atoms with Gasteiger partial charge in [-0.3, -0.25) is 0 Å². The number of carbonyl (C=O) groups excluding carboxylic acids is 1. The van der Waals surface area contributed by atoms with Crippen LogP contribution < -0.4 is 10.5 Å². The number of amides is 1. The van der Waals surface area contributed by atoms with Gasteiger partial charge < -0.3 is 19.9 Å². The van der Waals surface area contributed by atoms with Gasteiger partial charge >= 0.3 is 6.09 Å². The highest BCUT2D eigenvalue weighted by Gasteiger charge is 2.26. The molecule has 0 aliphatic carbocycles. The molecule has 3 heterocycles. The zero-order valence-electron chi connectivity index (χ0n) is 22.7. The quantitative estimate of drug-likeness (QED) is 0.331. The molecule has 3 aromatic heterocycles. The maximum atomic E-state index is 12.7. The monoisotopic (exact) mass is 525 g/mol. The number of anilines is 1. The normalized spacial score (nSPS) is 11.6. The summed E-state index contributed by atoms with van der Waals surface area (Å²) in [6.07, 6.45) is 6.10. The predicted molar refractivity (Wildman–Crippen MR) is 149 cm³/mol. The molecule has 11 nitrogen and oxygen atoms in total. The minimum Gasteiger partial charge on any atom is -0.410 e. The second-order valence-corrected chi connectivity index (χ2v) is 10.0. The summed E-state index contributed by atoms with van der Waals surface area (Å²) in [5, 5.41) is 4.35. The molecule has 11 heteroatoms. The Kier molecular flexibility index (Phi) is 6.73. The number of ether oxygens (including phenoxy) is 1. The summed E-state index contributed by atoms with van der Waals surface area (Å²) in [6, 6.07) is 11.5. The van der Waals surface area contributed by atoms with E-state index in [1.165, 1.54) is 6.33 Å². The first-order valence-electron chi connectivity index (χ1n) is 12.8. The molecule has 5 rings (SSSR count). The number of nitrogen functional groups attached to an aromatic ring is 1. The molecule has 0 saturated carbocycles. The Labute approximate surface area is 226 Å². The smallest absolute Gasteiger partial charge is 0.410 e. The first-order chi connectivity index (χ1) is 18.7. The molecule has 2 aromatic carbocycles. The van der Waals surface area contributed by atoms with E-state index in [0.29, 0.717) is 24.7 Å². The SMILES string of the molecule is CCN(CC)C(=O)Oc1ccc(-n2cncn2)c(-c2nc3cc(-c4cnc(N)nc4)ccc3n2C(C)(C)C)c1. The van der Waals surface area contributed by atoms with Gasteiger partial charge in [-0.15, -0.1) is 0 Å². The van der Waals surface area contributed by atoms with Crippen LogP contribution in [-0.4, -0.2) is 58.4 Å². The van der Waals surface area contributed by atoms with Crippen molar-refractivity contribution in [3.05, 3.63) is 61.4 Å². The highest BCUT2D eigenvalue weighted by Crippen LogP contribution is 2.37. The summed E-state index contributed by atoms with van der Waals surface area (Å²) in [4.78, 5) is 31.8. The van der Waals surface area contributed by atoms with Crippen molar-refractivity contribution in [1.29, 1.82) is 0 Å². The average Bonchev–Trinajstić information content (AvgIpc) is 3.57. The highest BCUT2D eigenvalue weighted by molar-refractivity contribution is 5.87. The minimum atomic E-state index is -0.404. The summed E-state index contributed by atoms with van der Waals surface area (Å²) in [5.74, 6) is 1.34. The number of benzene rings is 2. The molecule has 39 heavy (non-hydrogen) atoms. The first kappa shape index (κ1) is 25.8. The van der Waals surface area contributed by atoms with Gasteiger partial charge in [0.25, 0.3) is 0 Å². The van der Waals surface area contributed by atoms with Gasteiger partial charge in [0.05, 0.1) is 16.7 Å². The van der Waals surface area contributed by atoms with Gasteiger partial charge in [0, 0.05) is 42.1 Å². The van der Waals surface area contributed by atoms with E-state index in [1.54, 1.807) is 34.4 Å². The van der Waals surface area contributed by atoms with Crippen molar-refractivity contribution in [3.8, 4) is 34.0 Å². The van der Waals surface area contributed by atoms with E-state index in [9.17, 15) is 4.79 Å². The number of imidazole rings is 1. The lowest BCUT2D eigenvalue weighted by molar-refractivity contribution is 0.157. The molecule has 0 unspecified atom stereocenters. The van der Waals surface area contributed by atoms with Crippen LogP contribution in [0.15, 0.2) is 61.4 Å². The predicted octanol–water partition coefficient (Wildman–Crippen LogP) is 4.92. The molecule has 2 N–H and O–H groups in total. The fraction of sp³-hybridized carbons (Fsp3) is 0.286. The van der Waals surface area contributed by atoms with Gasteiger partial charge in [0.15, 0.2) is 0 Å². The number of aromatic nitrogens is 7. The van der Waals surface area contributed by atoms with Crippen molar-refractivity contribution in [2.24, 2.45) is 0 Å². The van der Waals surface area contributed by atoms with Crippen LogP contribution in [0.1, 0.15) is 34.6 Å². The molecular formula is C28H31N9O2. The molecular weight excluding hydrogens is 494 g/mol. The van der Waals surface area contributed by atoms with Crippen molar-refractivity contribution in [2.75, 3.05) is 18.8 Å². The summed E-state index contributed by atoms with van der Waals surface area (Å²) in [5.41, 5.74) is 10.4. The molecule has 0 saturated heterocycles. The average molecular weight is 526 g/mol. The molecule has 0 spiro atoms. The van der Waals surface area contributed by atoms with Crippen LogP contribution in [0.2, 0.25) is 0 Å². The van der Waals surface area contributed by atoms with E-state index in [-0.39, 0.29) is 11.5 Å². The molecule has 0 fully saturated rings. The fourth-order valence-corrected chi connectivity index (χ4v) is 4.54. The summed E-state index contributed by atoms with van der Waals surface area (Å²) < 4.78 is 9.61. The van der Waals surface area contributed by atoms with Gasteiger partial charge in [0.1, 0.15) is 24.2 Å². The second-order valence-electron chi connectivity index (χ2n) is 10.0. The van der Waals surface area contributed by atoms with Gasteiger partial charge in [-0.25, -0.2) is 29.4 Å². The second kappa shape index (κ2) is 10.2. The minimum absolute atomic E-state index is 0.223. The van der Waals surface area contributed by atoms with Gasteiger partial charge in [-0.2, -0.15) is 5.10 Å². The third-order valence-electron chi connectivity index (χ3n) is 6.43. The van der Waals surface area contributed by atoms with E-state index < -0.39 is 6.09 Å². The Hall–Kier alpha value is -4.80. The molecule has 1 amide bonds. The van der Waals surface area contributed by atoms with E-state index in [1.807, 2.05) is 44.2 Å². The molecule has 0 bridgehead atoms. The standard InChI is InChI=1S/C28H31N9O2/c1-6-35(7-2)27(38)39-20-9-11-23(36-17-30-16-33-36)21(13-20)25-34-22-12-18(19-14-31-26(29)32-15-19)8-10-24(22)37(25)28(3,4)5/h8-17H,6-7H2,1-5H3,(H2,29,31,32). The Bertz CT molecular complexity index is 1610. The van der Waals surface area contributed by atoms with E-state index in [0.717, 1.165) is 33.4 Å². The number of hydrogen-bond donors (Lipinski definition) is 1. The fourth-order valence-electron chi connectivity index (χ4n) is 4.54. The first-order valence-corrected chi connectivity index (χ1v) is 12.8. The maximum absolute atomic E-state index is 12.7. The number of nitrogens with zero attached hydrogens (tertiary/aromatic N) is 8. The largest absolute Gasteiger partial charge is 0.415 e. The molecule has 0 aliphatic heterocycles. The van der Waals surface area contributed by atoms with Gasteiger partial charge in [0.2, 0.25) is 5.95 Å². The summed E-state index contributed by atoms with van der Waals surface area (Å²) in [7, 11) is 0. The van der Waals surface area contributed by atoms with Gasteiger partial charge in [-0.1, -0.05) is 6.07 Å². The Morgan fingerprint density at radius 1 is 1.03 bits per heavy atom. The topological polar surface area (TPSA) is 130 Å². The molecule has 5 aromatic rings. The van der Waals surface area contributed by atoms with Crippen LogP contribution in [0.25, 0.3) is 39.2 Å². The Morgan fingerprint density at radius 2 is 1.77 bits per heavy atom. The lowest BCUT2D eigenvalue weighted by Gasteiger charge is -2.25. The van der Waals surface area contributed by atoms with Crippen LogP contribution in [0.4, 0.5) is 10.7 Å². The molecule has 0 aliphatic rings. The Balaban J connectivity index is 1.70. The van der Waals surface area contributed by atoms with Crippen LogP contribution in [-0.2, 0) is 5.54 Å². The van der Waals surface area contributed by atoms with Crippen LogP contribution in [0, 0.1) is 0 Å². The zero-order chi connectivity index (χ0) is 27.7. The van der Waals surface area contributed by atoms with Crippen molar-refractivity contribution < 1.29 is 9.53 Å². The van der Waals surface area contributed by atoms with Crippen molar-refractivity contribution in [1.82, 2.24) is 39.2 Å². The van der Waals surface area contributed by atoms with Gasteiger partial charge in [-0.05, 0) is 70.5 Å². The Morgan fingerprint density at radius 3 is 2.41 bits per heavy atom. The van der Waals surface area contributed by atoms with E-state index in [2.05, 4.69) is 45.4 Å². The lowest BCUT2D eigenvalue weighted by atomic mass is 10.0.